The van der Waals surface area contributed by atoms with Crippen LogP contribution in [0.5, 0.6) is 0 Å². The highest BCUT2D eigenvalue weighted by Crippen LogP contribution is 2.14. The van der Waals surface area contributed by atoms with E-state index in [0.717, 1.165) is 51.4 Å². The number of unbranched alkanes of at least 4 members (excludes halogenated alkanes) is 16. The molecule has 10 nitrogen and oxygen atoms in total. The number of rotatable bonds is 30. The summed E-state index contributed by atoms with van der Waals surface area (Å²) in [6, 6.07) is -1.74. The third kappa shape index (κ3) is 26.2. The summed E-state index contributed by atoms with van der Waals surface area (Å²) < 4.78 is 0. The van der Waals surface area contributed by atoms with E-state index in [4.69, 9.17) is 10.8 Å². The number of carbonyl (C=O) groups is 5. The molecule has 0 saturated carbocycles. The van der Waals surface area contributed by atoms with Crippen LogP contribution in [0.1, 0.15) is 148 Å². The Bertz CT molecular complexity index is 718. The molecule has 0 bridgehead atoms. The molecule has 0 rings (SSSR count). The van der Waals surface area contributed by atoms with Crippen molar-refractivity contribution in [2.75, 3.05) is 6.54 Å². The predicted molar refractivity (Wildman–Crippen MR) is 160 cm³/mol. The minimum Gasteiger partial charge on any atom is -0.481 e. The Morgan fingerprint density at radius 2 is 1.00 bits per heavy atom. The van der Waals surface area contributed by atoms with E-state index < -0.39 is 29.9 Å². The molecule has 0 aromatic heterocycles. The second-order valence-corrected chi connectivity index (χ2v) is 11.1. The van der Waals surface area contributed by atoms with Gasteiger partial charge in [0.1, 0.15) is 12.3 Å². The summed E-state index contributed by atoms with van der Waals surface area (Å²) in [5, 5.41) is 23.1. The molecule has 0 aliphatic carbocycles. The van der Waals surface area contributed by atoms with Gasteiger partial charge in [-0.2, -0.15) is 0 Å². The van der Waals surface area contributed by atoms with Crippen LogP contribution < -0.4 is 16.4 Å². The zero-order chi connectivity index (χ0) is 30.6. The van der Waals surface area contributed by atoms with Crippen LogP contribution in [-0.2, 0) is 24.0 Å². The predicted octanol–water partition coefficient (Wildman–Crippen LogP) is 5.26. The molecule has 0 aliphatic heterocycles. The number of carboxylic acid groups (broad SMARTS) is 2. The molecule has 238 valence electrons. The average molecular weight is 584 g/mol. The number of hydrogen-bond donors (Lipinski definition) is 5. The molecule has 0 aromatic rings. The minimum absolute atomic E-state index is 0.0303. The Kier molecular flexibility index (Phi) is 26.0. The molecule has 0 saturated heterocycles. The first-order chi connectivity index (χ1) is 19.8. The molecule has 2 atom stereocenters. The van der Waals surface area contributed by atoms with E-state index in [0.29, 0.717) is 32.1 Å². The number of hydrogen-bond acceptors (Lipinski definition) is 6. The summed E-state index contributed by atoms with van der Waals surface area (Å²) >= 11 is 0. The molecule has 0 spiro atoms. The molecule has 1 unspecified atom stereocenters. The zero-order valence-corrected chi connectivity index (χ0v) is 25.2. The van der Waals surface area contributed by atoms with Crippen molar-refractivity contribution < 1.29 is 34.2 Å². The molecule has 0 aliphatic rings. The molecule has 0 fully saturated rings. The molecule has 6 N–H and O–H groups in total. The van der Waals surface area contributed by atoms with Gasteiger partial charge in [0.2, 0.25) is 11.8 Å². The molecular formula is C31H57N3O7. The average Bonchev–Trinajstić information content (AvgIpc) is 2.93. The molecule has 10 heteroatoms. The molecular weight excluding hydrogens is 526 g/mol. The number of carbonyl (C=O) groups excluding carboxylic acids is 3. The minimum atomic E-state index is -1.18. The first-order valence-corrected chi connectivity index (χ1v) is 16.0. The first kappa shape index (κ1) is 38.5. The van der Waals surface area contributed by atoms with Crippen LogP contribution in [-0.4, -0.2) is 58.9 Å². The number of carboxylic acids is 2. The fourth-order valence-corrected chi connectivity index (χ4v) is 4.80. The van der Waals surface area contributed by atoms with Gasteiger partial charge in [0.15, 0.2) is 0 Å². The number of aldehydes is 1. The van der Waals surface area contributed by atoms with Crippen molar-refractivity contribution >= 4 is 30.0 Å². The normalized spacial score (nSPS) is 12.4. The molecule has 0 aromatic carbocycles. The third-order valence-corrected chi connectivity index (χ3v) is 7.32. The Balaban J connectivity index is 3.71. The lowest BCUT2D eigenvalue weighted by atomic mass is 10.0. The summed E-state index contributed by atoms with van der Waals surface area (Å²) in [5.74, 6) is -2.60. The van der Waals surface area contributed by atoms with Gasteiger partial charge in [-0.05, 0) is 45.1 Å². The van der Waals surface area contributed by atoms with Crippen LogP contribution in [0.15, 0.2) is 0 Å². The van der Waals surface area contributed by atoms with Crippen molar-refractivity contribution in [3.63, 3.8) is 0 Å². The fraction of sp³-hybridized carbons (Fsp3) is 0.839. The van der Waals surface area contributed by atoms with Crippen molar-refractivity contribution in [1.82, 2.24) is 10.6 Å². The SMILES string of the molecule is NCCCC[C@@H](C=O)NC(=O)CCC(NC(=O)CCCCCCCCCCCCCCCCCCC(=O)O)C(=O)O. The van der Waals surface area contributed by atoms with Crippen LogP contribution in [0, 0.1) is 0 Å². The summed E-state index contributed by atoms with van der Waals surface area (Å²) in [5.41, 5.74) is 5.43. The summed E-state index contributed by atoms with van der Waals surface area (Å²) in [6.07, 6.45) is 21.2. The van der Waals surface area contributed by atoms with Gasteiger partial charge in [0.05, 0.1) is 6.04 Å². The van der Waals surface area contributed by atoms with Gasteiger partial charge in [-0.1, -0.05) is 89.9 Å². The number of nitrogens with two attached hydrogens (primary N) is 1. The molecule has 41 heavy (non-hydrogen) atoms. The van der Waals surface area contributed by atoms with E-state index in [-0.39, 0.29) is 25.2 Å². The number of nitrogens with one attached hydrogen (secondary N) is 2. The van der Waals surface area contributed by atoms with Crippen molar-refractivity contribution in [3.8, 4) is 0 Å². The largest absolute Gasteiger partial charge is 0.481 e. The number of aliphatic carboxylic acids is 2. The van der Waals surface area contributed by atoms with Crippen LogP contribution in [0.4, 0.5) is 0 Å². The highest BCUT2D eigenvalue weighted by Gasteiger charge is 2.21. The maximum atomic E-state index is 12.2. The Labute approximate surface area is 247 Å². The highest BCUT2D eigenvalue weighted by molar-refractivity contribution is 5.84. The molecule has 0 radical (unpaired) electrons. The van der Waals surface area contributed by atoms with E-state index in [1.54, 1.807) is 0 Å². The van der Waals surface area contributed by atoms with Gasteiger partial charge in [-0.15, -0.1) is 0 Å². The standard InChI is InChI=1S/C31H57N3O7/c32-24-18-17-19-26(25-35)33-29(37)23-22-27(31(40)41)34-28(36)20-15-13-11-9-7-5-3-1-2-4-6-8-10-12-14-16-21-30(38)39/h25-27H,1-24,32H2,(H,33,37)(H,34,36)(H,38,39)(H,40,41)/t26-,27?/m0/s1. The topological polar surface area (TPSA) is 176 Å². The van der Waals surface area contributed by atoms with Crippen LogP contribution in [0.3, 0.4) is 0 Å². The summed E-state index contributed by atoms with van der Waals surface area (Å²) in [7, 11) is 0. The zero-order valence-electron chi connectivity index (χ0n) is 25.2. The Hall–Kier alpha value is -2.49. The van der Waals surface area contributed by atoms with Gasteiger partial charge in [-0.3, -0.25) is 14.4 Å². The van der Waals surface area contributed by atoms with E-state index in [2.05, 4.69) is 10.6 Å². The van der Waals surface area contributed by atoms with Gasteiger partial charge < -0.3 is 31.4 Å². The van der Waals surface area contributed by atoms with Crippen molar-refractivity contribution in [2.45, 2.75) is 160 Å². The lowest BCUT2D eigenvalue weighted by molar-refractivity contribution is -0.142. The van der Waals surface area contributed by atoms with Crippen molar-refractivity contribution in [3.05, 3.63) is 0 Å². The van der Waals surface area contributed by atoms with Gasteiger partial charge in [0, 0.05) is 19.3 Å². The van der Waals surface area contributed by atoms with E-state index in [1.807, 2.05) is 0 Å². The third-order valence-electron chi connectivity index (χ3n) is 7.32. The lowest BCUT2D eigenvalue weighted by Gasteiger charge is -2.16. The lowest BCUT2D eigenvalue weighted by Crippen LogP contribution is -2.42. The second-order valence-electron chi connectivity index (χ2n) is 11.1. The van der Waals surface area contributed by atoms with Crippen LogP contribution in [0.25, 0.3) is 0 Å². The quantitative estimate of drug-likeness (QED) is 0.0562. The molecule has 2 amide bonds. The highest BCUT2D eigenvalue weighted by atomic mass is 16.4. The monoisotopic (exact) mass is 583 g/mol. The van der Waals surface area contributed by atoms with Crippen LogP contribution in [0.2, 0.25) is 0 Å². The Morgan fingerprint density at radius 1 is 0.561 bits per heavy atom. The fourth-order valence-electron chi connectivity index (χ4n) is 4.80. The Morgan fingerprint density at radius 3 is 1.41 bits per heavy atom. The molecule has 0 heterocycles. The number of amides is 2. The second kappa shape index (κ2) is 27.7. The van der Waals surface area contributed by atoms with Crippen LogP contribution >= 0.6 is 0 Å². The van der Waals surface area contributed by atoms with E-state index in [9.17, 15) is 29.1 Å². The van der Waals surface area contributed by atoms with Gasteiger partial charge in [0.25, 0.3) is 0 Å². The van der Waals surface area contributed by atoms with Crippen molar-refractivity contribution in [2.24, 2.45) is 5.73 Å². The smallest absolute Gasteiger partial charge is 0.326 e. The summed E-state index contributed by atoms with van der Waals surface area (Å²) in [6.45, 7) is 0.517. The van der Waals surface area contributed by atoms with Crippen molar-refractivity contribution in [1.29, 1.82) is 0 Å². The first-order valence-electron chi connectivity index (χ1n) is 16.0. The summed E-state index contributed by atoms with van der Waals surface area (Å²) in [4.78, 5) is 57.4. The maximum Gasteiger partial charge on any atom is 0.326 e. The van der Waals surface area contributed by atoms with Gasteiger partial charge in [-0.25, -0.2) is 4.79 Å². The maximum absolute atomic E-state index is 12.2. The van der Waals surface area contributed by atoms with Gasteiger partial charge >= 0.3 is 11.9 Å². The van der Waals surface area contributed by atoms with E-state index >= 15 is 0 Å². The van der Waals surface area contributed by atoms with E-state index in [1.165, 1.54) is 57.8 Å².